The summed E-state index contributed by atoms with van der Waals surface area (Å²) in [5.41, 5.74) is 1.19. The second-order valence-electron chi connectivity index (χ2n) is 5.48. The molecule has 1 atom stereocenters. The van der Waals surface area contributed by atoms with Crippen LogP contribution in [0.3, 0.4) is 0 Å². The summed E-state index contributed by atoms with van der Waals surface area (Å²) >= 11 is 3.33. The van der Waals surface area contributed by atoms with E-state index in [0.29, 0.717) is 17.1 Å². The van der Waals surface area contributed by atoms with Gasteiger partial charge in [0, 0.05) is 17.2 Å². The minimum atomic E-state index is -3.32. The van der Waals surface area contributed by atoms with E-state index in [1.807, 2.05) is 12.1 Å². The van der Waals surface area contributed by atoms with E-state index in [-0.39, 0.29) is 5.91 Å². The summed E-state index contributed by atoms with van der Waals surface area (Å²) in [4.78, 5) is 12.2. The van der Waals surface area contributed by atoms with E-state index in [1.165, 1.54) is 11.4 Å². The quantitative estimate of drug-likeness (QED) is 0.768. The highest BCUT2D eigenvalue weighted by Crippen LogP contribution is 2.21. The third-order valence-electron chi connectivity index (χ3n) is 3.49. The first kappa shape index (κ1) is 19.3. The Bertz CT molecular complexity index is 836. The number of halogens is 1. The third kappa shape index (κ3) is 5.47. The number of ether oxygens (including phenoxy) is 1. The van der Waals surface area contributed by atoms with Gasteiger partial charge < -0.3 is 10.1 Å². The topological polar surface area (TPSA) is 75.7 Å². The maximum absolute atomic E-state index is 12.2. The predicted molar refractivity (Wildman–Crippen MR) is 103 cm³/mol. The number of carbonyl (C=O) groups excluding carboxylic acids is 1. The Kier molecular flexibility index (Phi) is 6.07. The van der Waals surface area contributed by atoms with Gasteiger partial charge in [0.2, 0.25) is 10.0 Å². The zero-order valence-corrected chi connectivity index (χ0v) is 16.5. The Hall–Kier alpha value is -2.06. The molecule has 134 valence electrons. The molecule has 0 aliphatic heterocycles. The van der Waals surface area contributed by atoms with Crippen molar-refractivity contribution in [2.45, 2.75) is 13.0 Å². The monoisotopic (exact) mass is 426 g/mol. The van der Waals surface area contributed by atoms with Crippen LogP contribution in [0, 0.1) is 0 Å². The number of rotatable bonds is 6. The lowest BCUT2D eigenvalue weighted by Gasteiger charge is -2.18. The van der Waals surface area contributed by atoms with Gasteiger partial charge in [-0.1, -0.05) is 15.9 Å². The Labute approximate surface area is 156 Å². The smallest absolute Gasteiger partial charge is 0.265 e. The number of nitrogens with zero attached hydrogens (tertiary/aromatic N) is 1. The number of sulfonamides is 1. The van der Waals surface area contributed by atoms with Crippen LogP contribution in [0.5, 0.6) is 5.75 Å². The van der Waals surface area contributed by atoms with Gasteiger partial charge in [0.05, 0.1) is 11.9 Å². The largest absolute Gasteiger partial charge is 0.481 e. The highest BCUT2D eigenvalue weighted by Gasteiger charge is 2.16. The number of hydrogen-bond donors (Lipinski definition) is 1. The van der Waals surface area contributed by atoms with Crippen LogP contribution in [0.25, 0.3) is 0 Å². The normalized spacial score (nSPS) is 12.3. The fourth-order valence-corrected chi connectivity index (χ4v) is 2.73. The summed E-state index contributed by atoms with van der Waals surface area (Å²) in [6, 6.07) is 13.7. The average molecular weight is 427 g/mol. The second kappa shape index (κ2) is 7.88. The van der Waals surface area contributed by atoms with Gasteiger partial charge >= 0.3 is 0 Å². The van der Waals surface area contributed by atoms with Crippen molar-refractivity contribution in [2.24, 2.45) is 0 Å². The molecular weight excluding hydrogens is 408 g/mol. The predicted octanol–water partition coefficient (Wildman–Crippen LogP) is 3.25. The second-order valence-corrected chi connectivity index (χ2v) is 8.41. The number of benzene rings is 2. The van der Waals surface area contributed by atoms with Gasteiger partial charge in [-0.05, 0) is 55.5 Å². The molecule has 0 spiro atoms. The molecule has 0 aliphatic rings. The fourth-order valence-electron chi connectivity index (χ4n) is 1.96. The number of anilines is 2. The summed E-state index contributed by atoms with van der Waals surface area (Å²) < 4.78 is 30.7. The number of nitrogens with one attached hydrogen (secondary N) is 1. The van der Waals surface area contributed by atoms with Crippen LogP contribution in [0.2, 0.25) is 0 Å². The molecule has 0 radical (unpaired) electrons. The maximum atomic E-state index is 12.2. The summed E-state index contributed by atoms with van der Waals surface area (Å²) in [5, 5.41) is 2.77. The molecule has 0 heterocycles. The van der Waals surface area contributed by atoms with Crippen LogP contribution in [0.1, 0.15) is 6.92 Å². The van der Waals surface area contributed by atoms with E-state index in [0.717, 1.165) is 10.7 Å². The molecule has 25 heavy (non-hydrogen) atoms. The van der Waals surface area contributed by atoms with Crippen LogP contribution in [0.4, 0.5) is 11.4 Å². The SMILES string of the molecule is C[C@H](Oc1ccc(N(C)S(C)(=O)=O)cc1)C(=O)Nc1ccc(Br)cc1. The van der Waals surface area contributed by atoms with Crippen molar-refractivity contribution < 1.29 is 17.9 Å². The van der Waals surface area contributed by atoms with Crippen molar-refractivity contribution in [3.05, 3.63) is 53.0 Å². The number of hydrogen-bond acceptors (Lipinski definition) is 4. The zero-order valence-electron chi connectivity index (χ0n) is 14.1. The van der Waals surface area contributed by atoms with Gasteiger partial charge in [-0.3, -0.25) is 9.10 Å². The molecule has 0 fully saturated rings. The molecule has 6 nitrogen and oxygen atoms in total. The van der Waals surface area contributed by atoms with E-state index >= 15 is 0 Å². The van der Waals surface area contributed by atoms with Gasteiger partial charge in [-0.25, -0.2) is 8.42 Å². The number of carbonyl (C=O) groups is 1. The van der Waals surface area contributed by atoms with Crippen molar-refractivity contribution in [3.63, 3.8) is 0 Å². The van der Waals surface area contributed by atoms with Crippen molar-refractivity contribution in [1.29, 1.82) is 0 Å². The molecule has 2 aromatic rings. The molecule has 1 N–H and O–H groups in total. The molecule has 0 unspecified atom stereocenters. The van der Waals surface area contributed by atoms with E-state index in [2.05, 4.69) is 21.2 Å². The van der Waals surface area contributed by atoms with Crippen molar-refractivity contribution in [1.82, 2.24) is 0 Å². The van der Waals surface area contributed by atoms with E-state index in [1.54, 1.807) is 43.3 Å². The van der Waals surface area contributed by atoms with Crippen LogP contribution in [0.15, 0.2) is 53.0 Å². The van der Waals surface area contributed by atoms with E-state index < -0.39 is 16.1 Å². The summed E-state index contributed by atoms with van der Waals surface area (Å²) in [7, 11) is -1.85. The third-order valence-corrected chi connectivity index (χ3v) is 5.23. The first-order valence-electron chi connectivity index (χ1n) is 7.44. The molecule has 0 saturated carbocycles. The Morgan fingerprint density at radius 2 is 1.68 bits per heavy atom. The first-order chi connectivity index (χ1) is 11.7. The molecule has 0 aromatic heterocycles. The van der Waals surface area contributed by atoms with Gasteiger partial charge in [0.1, 0.15) is 5.75 Å². The van der Waals surface area contributed by atoms with Crippen LogP contribution in [-0.4, -0.2) is 33.7 Å². The minimum Gasteiger partial charge on any atom is -0.481 e. The van der Waals surface area contributed by atoms with E-state index in [4.69, 9.17) is 4.74 Å². The van der Waals surface area contributed by atoms with Crippen molar-refractivity contribution in [2.75, 3.05) is 22.9 Å². The molecule has 1 amide bonds. The molecule has 2 rings (SSSR count). The Balaban J connectivity index is 1.99. The van der Waals surface area contributed by atoms with Crippen LogP contribution in [-0.2, 0) is 14.8 Å². The van der Waals surface area contributed by atoms with Gasteiger partial charge in [-0.2, -0.15) is 0 Å². The van der Waals surface area contributed by atoms with Gasteiger partial charge in [0.25, 0.3) is 5.91 Å². The lowest BCUT2D eigenvalue weighted by molar-refractivity contribution is -0.122. The molecule has 8 heteroatoms. The van der Waals surface area contributed by atoms with Crippen LogP contribution >= 0.6 is 15.9 Å². The highest BCUT2D eigenvalue weighted by atomic mass is 79.9. The average Bonchev–Trinajstić information content (AvgIpc) is 2.56. The standard InChI is InChI=1S/C17H19BrN2O4S/c1-12(17(21)19-14-6-4-13(18)5-7-14)24-16-10-8-15(9-11-16)20(2)25(3,22)23/h4-12H,1-3H3,(H,19,21)/t12-/m0/s1. The highest BCUT2D eigenvalue weighted by molar-refractivity contribution is 9.10. The fraction of sp³-hybridized carbons (Fsp3) is 0.235. The Morgan fingerprint density at radius 1 is 1.12 bits per heavy atom. The van der Waals surface area contributed by atoms with Gasteiger partial charge in [-0.15, -0.1) is 0 Å². The Morgan fingerprint density at radius 3 is 2.20 bits per heavy atom. The van der Waals surface area contributed by atoms with E-state index in [9.17, 15) is 13.2 Å². The molecule has 0 bridgehead atoms. The number of amides is 1. The van der Waals surface area contributed by atoms with Crippen molar-refractivity contribution in [3.8, 4) is 5.75 Å². The molecular formula is C17H19BrN2O4S. The zero-order chi connectivity index (χ0) is 18.6. The van der Waals surface area contributed by atoms with Crippen LogP contribution < -0.4 is 14.4 Å². The first-order valence-corrected chi connectivity index (χ1v) is 10.1. The maximum Gasteiger partial charge on any atom is 0.265 e. The minimum absolute atomic E-state index is 0.278. The lowest BCUT2D eigenvalue weighted by Crippen LogP contribution is -2.30. The summed E-state index contributed by atoms with van der Waals surface area (Å²) in [6.45, 7) is 1.64. The molecule has 2 aromatic carbocycles. The molecule has 0 aliphatic carbocycles. The molecule has 0 saturated heterocycles. The summed E-state index contributed by atoms with van der Waals surface area (Å²) in [6.07, 6.45) is 0.425. The summed E-state index contributed by atoms with van der Waals surface area (Å²) in [5.74, 6) is 0.198. The lowest BCUT2D eigenvalue weighted by atomic mass is 10.3. The van der Waals surface area contributed by atoms with Crippen molar-refractivity contribution >= 4 is 43.2 Å². The van der Waals surface area contributed by atoms with Gasteiger partial charge in [0.15, 0.2) is 6.10 Å².